The fourth-order valence-corrected chi connectivity index (χ4v) is 5.62. The quantitative estimate of drug-likeness (QED) is 0.148. The number of imidazole rings is 1. The minimum absolute atomic E-state index is 0.0105. The summed E-state index contributed by atoms with van der Waals surface area (Å²) in [6.07, 6.45) is 1.65. The summed E-state index contributed by atoms with van der Waals surface area (Å²) < 4.78 is 25.0. The fraction of sp³-hybridized carbons (Fsp3) is 0.542. The number of nitrogens with one attached hydrogen (secondary N) is 2. The predicted octanol–water partition coefficient (Wildman–Crippen LogP) is 1.52. The minimum Gasteiger partial charge on any atom is -0.455 e. The average molecular weight is 633 g/mol. The first kappa shape index (κ1) is 30.8. The third-order valence-corrected chi connectivity index (χ3v) is 7.88. The molecular formula is C24H28N10O9S. The number of carbonyl (C=O) groups excluding carboxylic acids is 2. The zero-order valence-electron chi connectivity index (χ0n) is 23.5. The monoisotopic (exact) mass is 632 g/mol. The number of hydrogen-bond acceptors (Lipinski definition) is 13. The summed E-state index contributed by atoms with van der Waals surface area (Å²) in [5, 5.41) is 3.13. The van der Waals surface area contributed by atoms with Crippen molar-refractivity contribution >= 4 is 34.3 Å². The largest absolute Gasteiger partial charge is 0.455 e. The zero-order valence-corrected chi connectivity index (χ0v) is 24.3. The number of aryl methyl sites for hydroxylation is 1. The van der Waals surface area contributed by atoms with Gasteiger partial charge in [0.2, 0.25) is 0 Å². The van der Waals surface area contributed by atoms with Gasteiger partial charge in [-0.05, 0) is 37.1 Å². The van der Waals surface area contributed by atoms with E-state index >= 15 is 0 Å². The molecule has 5 heterocycles. The molecule has 0 bridgehead atoms. The number of amides is 1. The standard InChI is InChI=1S/C24H28N10O9S/c1-12-8-33(22(37)29-19(12)35)16-7-14(30-31-25)21(43-16)32(23(38)40-2)5-6-44-24(39)41-9-13-3-4-15(42-13)34-11-28-17-18(34)26-10-27-20(17)36/h8,10-11,13-16,21H,3-7,9H2,1-2H3,(H,26,27,36)(H,29,35,37). The number of H-pyrrole nitrogens is 2. The Labute approximate surface area is 251 Å². The second-order valence-electron chi connectivity index (χ2n) is 9.89. The van der Waals surface area contributed by atoms with E-state index in [1.54, 1.807) is 4.57 Å². The number of azide groups is 1. The van der Waals surface area contributed by atoms with Crippen molar-refractivity contribution < 1.29 is 28.5 Å². The van der Waals surface area contributed by atoms with Gasteiger partial charge in [0.1, 0.15) is 25.3 Å². The number of aromatic amines is 2. The summed E-state index contributed by atoms with van der Waals surface area (Å²) in [6.45, 7) is 1.45. The van der Waals surface area contributed by atoms with Crippen LogP contribution in [0.4, 0.5) is 9.59 Å². The average Bonchev–Trinajstić information content (AvgIpc) is 3.75. The van der Waals surface area contributed by atoms with Crippen LogP contribution in [0.25, 0.3) is 21.6 Å². The molecule has 2 N–H and O–H groups in total. The van der Waals surface area contributed by atoms with Gasteiger partial charge in [0.15, 0.2) is 11.2 Å². The van der Waals surface area contributed by atoms with Crippen molar-refractivity contribution in [2.45, 2.75) is 57.0 Å². The minimum atomic E-state index is -1.12. The lowest BCUT2D eigenvalue weighted by molar-refractivity contribution is -0.0738. The van der Waals surface area contributed by atoms with Crippen molar-refractivity contribution in [1.82, 2.24) is 34.0 Å². The topological polar surface area (TPSA) is 241 Å². The van der Waals surface area contributed by atoms with Gasteiger partial charge < -0.3 is 23.9 Å². The van der Waals surface area contributed by atoms with Crippen LogP contribution < -0.4 is 16.8 Å². The molecule has 3 aromatic heterocycles. The van der Waals surface area contributed by atoms with Crippen LogP contribution in [0.15, 0.2) is 38.3 Å². The summed E-state index contributed by atoms with van der Waals surface area (Å²) in [7, 11) is 1.16. The molecule has 2 aliphatic rings. The van der Waals surface area contributed by atoms with E-state index in [0.29, 0.717) is 18.5 Å². The molecule has 0 aliphatic carbocycles. The van der Waals surface area contributed by atoms with E-state index in [9.17, 15) is 24.0 Å². The molecule has 2 aliphatic heterocycles. The molecule has 5 rings (SSSR count). The Hall–Kier alpha value is -4.65. The van der Waals surface area contributed by atoms with E-state index in [2.05, 4.69) is 30.0 Å². The first-order valence-corrected chi connectivity index (χ1v) is 14.4. The van der Waals surface area contributed by atoms with Crippen LogP contribution >= 0.6 is 11.8 Å². The first-order chi connectivity index (χ1) is 21.2. The van der Waals surface area contributed by atoms with Gasteiger partial charge in [0, 0.05) is 35.4 Å². The molecule has 44 heavy (non-hydrogen) atoms. The summed E-state index contributed by atoms with van der Waals surface area (Å²) in [4.78, 5) is 78.1. The number of rotatable bonds is 9. The highest BCUT2D eigenvalue weighted by Crippen LogP contribution is 2.33. The number of methoxy groups -OCH3 is 1. The summed E-state index contributed by atoms with van der Waals surface area (Å²) in [5.41, 5.74) is 8.32. The number of nitrogens with zero attached hydrogens (tertiary/aromatic N) is 8. The molecule has 3 aromatic rings. The van der Waals surface area contributed by atoms with Crippen molar-refractivity contribution in [1.29, 1.82) is 0 Å². The second-order valence-corrected chi connectivity index (χ2v) is 10.9. The van der Waals surface area contributed by atoms with Gasteiger partial charge in [-0.15, -0.1) is 0 Å². The van der Waals surface area contributed by atoms with Crippen LogP contribution in [0.5, 0.6) is 0 Å². The smallest absolute Gasteiger partial charge is 0.411 e. The molecule has 0 spiro atoms. The number of hydrogen-bond donors (Lipinski definition) is 2. The number of fused-ring (bicyclic) bond motifs is 1. The lowest BCUT2D eigenvalue weighted by Crippen LogP contribution is -2.46. The Morgan fingerprint density at radius 3 is 2.80 bits per heavy atom. The molecule has 20 heteroatoms. The van der Waals surface area contributed by atoms with E-state index in [1.807, 2.05) is 0 Å². The Balaban J connectivity index is 1.15. The highest BCUT2D eigenvalue weighted by Gasteiger charge is 2.42. The maximum atomic E-state index is 12.7. The van der Waals surface area contributed by atoms with Gasteiger partial charge in [-0.25, -0.2) is 24.4 Å². The molecule has 234 valence electrons. The third-order valence-electron chi connectivity index (χ3n) is 7.14. The normalized spacial score (nSPS) is 22.9. The van der Waals surface area contributed by atoms with Crippen LogP contribution in [0.3, 0.4) is 0 Å². The van der Waals surface area contributed by atoms with Gasteiger partial charge in [-0.2, -0.15) is 0 Å². The molecule has 2 saturated heterocycles. The van der Waals surface area contributed by atoms with Gasteiger partial charge in [0.25, 0.3) is 11.1 Å². The molecule has 2 fully saturated rings. The highest BCUT2D eigenvalue weighted by molar-refractivity contribution is 8.13. The Kier molecular flexibility index (Phi) is 9.33. The number of carbonyl (C=O) groups is 2. The molecule has 5 atom stereocenters. The third kappa shape index (κ3) is 6.47. The maximum absolute atomic E-state index is 12.7. The van der Waals surface area contributed by atoms with Gasteiger partial charge >= 0.3 is 17.1 Å². The molecular weight excluding hydrogens is 604 g/mol. The van der Waals surface area contributed by atoms with E-state index in [1.165, 1.54) is 25.8 Å². The van der Waals surface area contributed by atoms with Crippen molar-refractivity contribution in [3.8, 4) is 0 Å². The van der Waals surface area contributed by atoms with Gasteiger partial charge in [0.05, 0.1) is 31.9 Å². The first-order valence-electron chi connectivity index (χ1n) is 13.4. The molecule has 0 radical (unpaired) electrons. The fourth-order valence-electron chi connectivity index (χ4n) is 5.02. The molecule has 19 nitrogen and oxygen atoms in total. The summed E-state index contributed by atoms with van der Waals surface area (Å²) in [5.74, 6) is 0.0779. The Morgan fingerprint density at radius 1 is 1.20 bits per heavy atom. The maximum Gasteiger partial charge on any atom is 0.411 e. The lowest BCUT2D eigenvalue weighted by atomic mass is 10.2. The second kappa shape index (κ2) is 13.3. The van der Waals surface area contributed by atoms with E-state index in [-0.39, 0.29) is 48.1 Å². The van der Waals surface area contributed by atoms with Crippen LogP contribution in [-0.2, 0) is 18.9 Å². The van der Waals surface area contributed by atoms with Crippen LogP contribution in [-0.4, -0.2) is 89.8 Å². The van der Waals surface area contributed by atoms with Crippen LogP contribution in [0.2, 0.25) is 0 Å². The number of thioether (sulfide) groups is 1. The lowest BCUT2D eigenvalue weighted by Gasteiger charge is -2.29. The van der Waals surface area contributed by atoms with E-state index in [0.717, 1.165) is 28.3 Å². The molecule has 1 amide bonds. The SMILES string of the molecule is COC(=O)N(CCSC(=O)OCC1CCC(n2cnc3c(=O)[nH]cnc32)O1)C1OC(n2cc(C)c(=O)[nH]c2=O)CC1N=[N+]=[N-]. The van der Waals surface area contributed by atoms with Crippen molar-refractivity contribution in [2.75, 3.05) is 26.0 Å². The van der Waals surface area contributed by atoms with Crippen molar-refractivity contribution in [2.24, 2.45) is 5.11 Å². The summed E-state index contributed by atoms with van der Waals surface area (Å²) in [6, 6.07) is -0.895. The van der Waals surface area contributed by atoms with Crippen LogP contribution in [0, 0.1) is 6.92 Å². The Bertz CT molecular complexity index is 1760. The van der Waals surface area contributed by atoms with Crippen molar-refractivity contribution in [3.63, 3.8) is 0 Å². The Morgan fingerprint density at radius 2 is 2.02 bits per heavy atom. The summed E-state index contributed by atoms with van der Waals surface area (Å²) >= 11 is 0.811. The van der Waals surface area contributed by atoms with Gasteiger partial charge in [-0.3, -0.25) is 28.6 Å². The zero-order chi connectivity index (χ0) is 31.4. The van der Waals surface area contributed by atoms with E-state index in [4.69, 9.17) is 24.5 Å². The molecule has 0 aromatic carbocycles. The van der Waals surface area contributed by atoms with Crippen molar-refractivity contribution in [3.05, 3.63) is 66.0 Å². The highest BCUT2D eigenvalue weighted by atomic mass is 32.2. The van der Waals surface area contributed by atoms with Crippen LogP contribution in [0.1, 0.15) is 37.3 Å². The number of ether oxygens (including phenoxy) is 4. The molecule has 0 saturated carbocycles. The van der Waals surface area contributed by atoms with Gasteiger partial charge in [-0.1, -0.05) is 5.11 Å². The number of aromatic nitrogens is 6. The molecule has 5 unspecified atom stereocenters. The van der Waals surface area contributed by atoms with E-state index < -0.39 is 47.4 Å². The predicted molar refractivity (Wildman–Crippen MR) is 152 cm³/mol.